The normalized spacial score (nSPS) is 23.5. The quantitative estimate of drug-likeness (QED) is 0.330. The van der Waals surface area contributed by atoms with E-state index in [1.807, 2.05) is 23.2 Å². The van der Waals surface area contributed by atoms with Crippen LogP contribution in [0.25, 0.3) is 0 Å². The van der Waals surface area contributed by atoms with Gasteiger partial charge in [0.2, 0.25) is 5.91 Å². The highest BCUT2D eigenvalue weighted by Crippen LogP contribution is 2.46. The number of pyridine rings is 1. The summed E-state index contributed by atoms with van der Waals surface area (Å²) in [6.07, 6.45) is 11.0. The molecule has 0 radical (unpaired) electrons. The number of aromatic nitrogens is 1. The summed E-state index contributed by atoms with van der Waals surface area (Å²) in [6, 6.07) is 6.35. The van der Waals surface area contributed by atoms with Crippen LogP contribution in [0.15, 0.2) is 45.0 Å². The van der Waals surface area contributed by atoms with Crippen LogP contribution in [-0.4, -0.2) is 47.9 Å². The van der Waals surface area contributed by atoms with Gasteiger partial charge in [0.05, 0.1) is 18.9 Å². The number of rotatable bonds is 2. The topological polar surface area (TPSA) is 51.7 Å². The highest BCUT2D eigenvalue weighted by molar-refractivity contribution is 9.10. The molecule has 2 aromatic rings. The molecule has 8 heteroatoms. The lowest BCUT2D eigenvalue weighted by atomic mass is 9.76. The molecule has 3 heterocycles. The number of likely N-dealkylation sites (tertiary alicyclic amines) is 1. The van der Waals surface area contributed by atoms with E-state index in [4.69, 9.17) is 26.1 Å². The number of carbonyl (C=O) groups excluding carboxylic acids is 1. The molecular formula is C29H31Br2ClN2O3. The van der Waals surface area contributed by atoms with Crippen LogP contribution in [0.2, 0.25) is 5.02 Å². The second kappa shape index (κ2) is 10.7. The van der Waals surface area contributed by atoms with Crippen LogP contribution >= 0.6 is 43.5 Å². The number of benzene rings is 1. The van der Waals surface area contributed by atoms with Crippen LogP contribution in [0, 0.1) is 5.92 Å². The van der Waals surface area contributed by atoms with Gasteiger partial charge in [0.25, 0.3) is 0 Å². The Morgan fingerprint density at radius 3 is 2.46 bits per heavy atom. The molecule has 2 aliphatic heterocycles. The van der Waals surface area contributed by atoms with Crippen molar-refractivity contribution in [2.24, 2.45) is 5.92 Å². The van der Waals surface area contributed by atoms with Gasteiger partial charge in [0, 0.05) is 58.1 Å². The number of halogens is 3. The molecule has 1 amide bonds. The van der Waals surface area contributed by atoms with E-state index >= 15 is 0 Å². The van der Waals surface area contributed by atoms with E-state index in [9.17, 15) is 4.79 Å². The summed E-state index contributed by atoms with van der Waals surface area (Å²) in [5.74, 6) is 0.342. The Labute approximate surface area is 240 Å². The SMILES string of the molecule is O=C(C=C1CCC2(CC1)OCCO2)N1CCC(C2c3ncc(Br)cc3CCc3cc(Cl)cc(Br)c32)CC1. The number of carbonyl (C=O) groups is 1. The van der Waals surface area contributed by atoms with Gasteiger partial charge in [0.15, 0.2) is 5.79 Å². The fourth-order valence-electron chi connectivity index (χ4n) is 6.63. The second-order valence-electron chi connectivity index (χ2n) is 10.7. The third-order valence-electron chi connectivity index (χ3n) is 8.54. The predicted molar refractivity (Wildman–Crippen MR) is 151 cm³/mol. The second-order valence-corrected chi connectivity index (χ2v) is 12.9. The zero-order chi connectivity index (χ0) is 25.6. The molecule has 1 spiro atoms. The van der Waals surface area contributed by atoms with Gasteiger partial charge in [-0.3, -0.25) is 9.78 Å². The highest BCUT2D eigenvalue weighted by atomic mass is 79.9. The number of nitrogens with zero attached hydrogens (tertiary/aromatic N) is 2. The molecule has 5 nitrogen and oxygen atoms in total. The lowest BCUT2D eigenvalue weighted by molar-refractivity contribution is -0.171. The minimum atomic E-state index is -0.397. The minimum absolute atomic E-state index is 0.148. The molecule has 1 unspecified atom stereocenters. The van der Waals surface area contributed by atoms with Crippen molar-refractivity contribution in [2.45, 2.75) is 63.1 Å². The van der Waals surface area contributed by atoms with Crippen LogP contribution < -0.4 is 0 Å². The molecule has 6 rings (SSSR count). The van der Waals surface area contributed by atoms with Gasteiger partial charge in [-0.25, -0.2) is 0 Å². The van der Waals surface area contributed by atoms with E-state index in [1.54, 1.807) is 0 Å². The molecule has 0 N–H and O–H groups in total. The fourth-order valence-corrected chi connectivity index (χ4v) is 8.13. The molecule has 0 bridgehead atoms. The zero-order valence-electron chi connectivity index (χ0n) is 20.8. The zero-order valence-corrected chi connectivity index (χ0v) is 24.7. The van der Waals surface area contributed by atoms with Crippen molar-refractivity contribution in [1.29, 1.82) is 0 Å². The predicted octanol–water partition coefficient (Wildman–Crippen LogP) is 6.97. The van der Waals surface area contributed by atoms with E-state index in [0.29, 0.717) is 19.1 Å². The maximum absolute atomic E-state index is 13.2. The number of hydrogen-bond donors (Lipinski definition) is 0. The smallest absolute Gasteiger partial charge is 0.246 e. The van der Waals surface area contributed by atoms with E-state index in [-0.39, 0.29) is 11.8 Å². The Balaban J connectivity index is 1.19. The maximum Gasteiger partial charge on any atom is 0.246 e. The average molecular weight is 651 g/mol. The van der Waals surface area contributed by atoms with Crippen molar-refractivity contribution in [1.82, 2.24) is 9.88 Å². The first-order chi connectivity index (χ1) is 17.9. The summed E-state index contributed by atoms with van der Waals surface area (Å²) < 4.78 is 13.8. The van der Waals surface area contributed by atoms with Gasteiger partial charge < -0.3 is 14.4 Å². The highest BCUT2D eigenvalue weighted by Gasteiger charge is 2.39. The third kappa shape index (κ3) is 5.31. The van der Waals surface area contributed by atoms with Crippen molar-refractivity contribution in [3.63, 3.8) is 0 Å². The van der Waals surface area contributed by atoms with Gasteiger partial charge in [-0.15, -0.1) is 0 Å². The number of aryl methyl sites for hydroxylation is 2. The molecule has 1 atom stereocenters. The van der Waals surface area contributed by atoms with Crippen LogP contribution in [0.4, 0.5) is 0 Å². The Morgan fingerprint density at radius 2 is 1.73 bits per heavy atom. The maximum atomic E-state index is 13.2. The molecular weight excluding hydrogens is 620 g/mol. The van der Waals surface area contributed by atoms with Crippen molar-refractivity contribution < 1.29 is 14.3 Å². The number of ether oxygens (including phenoxy) is 2. The minimum Gasteiger partial charge on any atom is -0.348 e. The molecule has 1 aromatic heterocycles. The summed E-state index contributed by atoms with van der Waals surface area (Å²) in [7, 11) is 0. The van der Waals surface area contributed by atoms with E-state index in [1.165, 1.54) is 28.0 Å². The number of amides is 1. The molecule has 2 saturated heterocycles. The number of allylic oxidation sites excluding steroid dienone is 1. The molecule has 37 heavy (non-hydrogen) atoms. The van der Waals surface area contributed by atoms with Gasteiger partial charge in [-0.1, -0.05) is 33.1 Å². The summed E-state index contributed by atoms with van der Waals surface area (Å²) in [6.45, 7) is 2.90. The number of fused-ring (bicyclic) bond motifs is 2. The Bertz CT molecular complexity index is 1220. The average Bonchev–Trinajstić information content (AvgIpc) is 3.28. The monoisotopic (exact) mass is 648 g/mol. The van der Waals surface area contributed by atoms with E-state index in [0.717, 1.165) is 78.4 Å². The summed E-state index contributed by atoms with van der Waals surface area (Å²) in [5.41, 5.74) is 6.31. The Kier molecular flexibility index (Phi) is 7.54. The van der Waals surface area contributed by atoms with Gasteiger partial charge in [0.1, 0.15) is 0 Å². The third-order valence-corrected chi connectivity index (χ3v) is 9.84. The van der Waals surface area contributed by atoms with E-state index < -0.39 is 5.79 Å². The summed E-state index contributed by atoms with van der Waals surface area (Å²) in [4.78, 5) is 20.2. The molecule has 3 fully saturated rings. The molecule has 4 aliphatic rings. The Hall–Kier alpha value is -1.25. The van der Waals surface area contributed by atoms with Crippen molar-refractivity contribution in [2.75, 3.05) is 26.3 Å². The Morgan fingerprint density at radius 1 is 1.03 bits per heavy atom. The number of piperidine rings is 1. The fraction of sp³-hybridized carbons (Fsp3) is 0.517. The molecule has 1 saturated carbocycles. The van der Waals surface area contributed by atoms with Crippen LogP contribution in [0.3, 0.4) is 0 Å². The lowest BCUT2D eigenvalue weighted by Crippen LogP contribution is -2.40. The molecule has 1 aromatic carbocycles. The first kappa shape index (κ1) is 26.0. The van der Waals surface area contributed by atoms with Gasteiger partial charge in [-0.2, -0.15) is 0 Å². The van der Waals surface area contributed by atoms with Gasteiger partial charge in [-0.05, 0) is 95.3 Å². The van der Waals surface area contributed by atoms with Crippen molar-refractivity contribution in [3.8, 4) is 0 Å². The van der Waals surface area contributed by atoms with E-state index in [2.05, 4.69) is 44.0 Å². The standard InChI is InChI=1S/C29H31Br2ClN2O3/c30-22-14-21-2-1-20-15-23(32)16-24(31)26(20)27(28(21)33-17-22)19-5-9-34(10-6-19)25(35)13-18-3-7-29(8-4-18)36-11-12-37-29/h13-17,19,27H,1-12H2. The largest absolute Gasteiger partial charge is 0.348 e. The first-order valence-corrected chi connectivity index (χ1v) is 15.3. The first-order valence-electron chi connectivity index (χ1n) is 13.3. The van der Waals surface area contributed by atoms with Crippen LogP contribution in [-0.2, 0) is 27.1 Å². The van der Waals surface area contributed by atoms with Crippen LogP contribution in [0.1, 0.15) is 66.8 Å². The lowest BCUT2D eigenvalue weighted by Gasteiger charge is -2.37. The molecule has 196 valence electrons. The molecule has 2 aliphatic carbocycles. The van der Waals surface area contributed by atoms with Crippen LogP contribution in [0.5, 0.6) is 0 Å². The summed E-state index contributed by atoms with van der Waals surface area (Å²) >= 11 is 13.9. The van der Waals surface area contributed by atoms with Gasteiger partial charge >= 0.3 is 0 Å². The van der Waals surface area contributed by atoms with Crippen molar-refractivity contribution in [3.05, 3.63) is 72.4 Å². The number of hydrogen-bond acceptors (Lipinski definition) is 4. The summed E-state index contributed by atoms with van der Waals surface area (Å²) in [5, 5.41) is 0.762. The van der Waals surface area contributed by atoms with Crippen molar-refractivity contribution >= 4 is 49.4 Å².